The van der Waals surface area contributed by atoms with Crippen LogP contribution in [0.25, 0.3) is 0 Å². The standard InChI is InChI=1S/C19H26N2O2/c1-6-7-16-20-18(19(4,5)23)17(14(3)22)21(16)12-15-10-8-13(2)9-11-15/h8-11,23H,6-7,12H2,1-5H3. The molecule has 0 saturated heterocycles. The van der Waals surface area contributed by atoms with Gasteiger partial charge in [0, 0.05) is 19.9 Å². The van der Waals surface area contributed by atoms with Crippen LogP contribution in [0.1, 0.15) is 67.2 Å². The van der Waals surface area contributed by atoms with Gasteiger partial charge in [0.2, 0.25) is 0 Å². The molecule has 0 aliphatic heterocycles. The Balaban J connectivity index is 2.56. The summed E-state index contributed by atoms with van der Waals surface area (Å²) in [5, 5.41) is 10.4. The van der Waals surface area contributed by atoms with Crippen molar-refractivity contribution in [3.8, 4) is 0 Å². The number of benzene rings is 1. The number of nitrogens with zero attached hydrogens (tertiary/aromatic N) is 2. The van der Waals surface area contributed by atoms with Gasteiger partial charge in [-0.15, -0.1) is 0 Å². The molecule has 2 aromatic rings. The lowest BCUT2D eigenvalue weighted by atomic mass is 10.0. The number of carbonyl (C=O) groups excluding carboxylic acids is 1. The van der Waals surface area contributed by atoms with E-state index in [1.807, 2.05) is 4.57 Å². The van der Waals surface area contributed by atoms with E-state index in [0.29, 0.717) is 17.9 Å². The first-order valence-corrected chi connectivity index (χ1v) is 8.12. The highest BCUT2D eigenvalue weighted by Gasteiger charge is 2.29. The van der Waals surface area contributed by atoms with Crippen molar-refractivity contribution in [2.75, 3.05) is 0 Å². The van der Waals surface area contributed by atoms with E-state index in [-0.39, 0.29) is 5.78 Å². The highest BCUT2D eigenvalue weighted by Crippen LogP contribution is 2.26. The lowest BCUT2D eigenvalue weighted by Crippen LogP contribution is -2.21. The number of aryl methyl sites for hydroxylation is 2. The maximum atomic E-state index is 12.2. The molecular weight excluding hydrogens is 288 g/mol. The van der Waals surface area contributed by atoms with Crippen LogP contribution >= 0.6 is 0 Å². The number of hydrogen-bond acceptors (Lipinski definition) is 3. The molecule has 0 amide bonds. The quantitative estimate of drug-likeness (QED) is 0.829. The van der Waals surface area contributed by atoms with Gasteiger partial charge in [-0.25, -0.2) is 4.98 Å². The smallest absolute Gasteiger partial charge is 0.178 e. The minimum Gasteiger partial charge on any atom is -0.384 e. The van der Waals surface area contributed by atoms with E-state index in [0.717, 1.165) is 24.2 Å². The first-order valence-electron chi connectivity index (χ1n) is 8.12. The number of rotatable bonds is 6. The fraction of sp³-hybridized carbons (Fsp3) is 0.474. The van der Waals surface area contributed by atoms with Crippen molar-refractivity contribution in [1.29, 1.82) is 0 Å². The van der Waals surface area contributed by atoms with Crippen molar-refractivity contribution in [3.63, 3.8) is 0 Å². The number of Topliss-reactive ketones (excluding diaryl/α,β-unsaturated/α-hetero) is 1. The van der Waals surface area contributed by atoms with Crippen molar-refractivity contribution < 1.29 is 9.90 Å². The van der Waals surface area contributed by atoms with E-state index in [1.54, 1.807) is 13.8 Å². The number of aromatic nitrogens is 2. The van der Waals surface area contributed by atoms with Gasteiger partial charge in [-0.1, -0.05) is 36.8 Å². The van der Waals surface area contributed by atoms with Crippen molar-refractivity contribution in [2.24, 2.45) is 0 Å². The molecule has 4 heteroatoms. The van der Waals surface area contributed by atoms with E-state index < -0.39 is 5.60 Å². The van der Waals surface area contributed by atoms with E-state index in [1.165, 1.54) is 12.5 Å². The van der Waals surface area contributed by atoms with Crippen LogP contribution < -0.4 is 0 Å². The summed E-state index contributed by atoms with van der Waals surface area (Å²) in [6.45, 7) is 9.61. The zero-order chi connectivity index (χ0) is 17.2. The Morgan fingerprint density at radius 3 is 2.35 bits per heavy atom. The molecule has 0 unspecified atom stereocenters. The third-order valence-electron chi connectivity index (χ3n) is 3.89. The minimum absolute atomic E-state index is 0.0657. The van der Waals surface area contributed by atoms with Crippen LogP contribution in [-0.2, 0) is 18.6 Å². The van der Waals surface area contributed by atoms with Gasteiger partial charge in [-0.2, -0.15) is 0 Å². The highest BCUT2D eigenvalue weighted by atomic mass is 16.3. The molecule has 2 rings (SSSR count). The van der Waals surface area contributed by atoms with Gasteiger partial charge in [0.15, 0.2) is 5.78 Å². The molecule has 1 heterocycles. The van der Waals surface area contributed by atoms with Crippen molar-refractivity contribution in [1.82, 2.24) is 9.55 Å². The highest BCUT2D eigenvalue weighted by molar-refractivity contribution is 5.94. The molecule has 124 valence electrons. The minimum atomic E-state index is -1.14. The molecule has 0 fully saturated rings. The van der Waals surface area contributed by atoms with Crippen LogP contribution in [0, 0.1) is 6.92 Å². The normalized spacial score (nSPS) is 11.7. The van der Waals surface area contributed by atoms with Gasteiger partial charge in [-0.3, -0.25) is 4.79 Å². The van der Waals surface area contributed by atoms with Crippen LogP contribution in [0.15, 0.2) is 24.3 Å². The Hall–Kier alpha value is -1.94. The molecule has 0 atom stereocenters. The molecule has 1 N–H and O–H groups in total. The van der Waals surface area contributed by atoms with Gasteiger partial charge in [0.1, 0.15) is 22.8 Å². The molecule has 0 saturated carbocycles. The third kappa shape index (κ3) is 3.88. The molecule has 23 heavy (non-hydrogen) atoms. The van der Waals surface area contributed by atoms with Crippen molar-refractivity contribution in [2.45, 2.75) is 59.6 Å². The Kier molecular flexibility index (Phi) is 5.05. The largest absolute Gasteiger partial charge is 0.384 e. The van der Waals surface area contributed by atoms with E-state index in [2.05, 4.69) is 43.1 Å². The van der Waals surface area contributed by atoms with Crippen LogP contribution in [0.5, 0.6) is 0 Å². The van der Waals surface area contributed by atoms with Gasteiger partial charge in [0.05, 0.1) is 0 Å². The molecule has 1 aromatic carbocycles. The fourth-order valence-corrected chi connectivity index (χ4v) is 2.74. The average molecular weight is 314 g/mol. The maximum absolute atomic E-state index is 12.2. The van der Waals surface area contributed by atoms with Gasteiger partial charge < -0.3 is 9.67 Å². The Labute approximate surface area is 138 Å². The van der Waals surface area contributed by atoms with Crippen LogP contribution in [-0.4, -0.2) is 20.4 Å². The van der Waals surface area contributed by atoms with Gasteiger partial charge in [0.25, 0.3) is 0 Å². The Bertz CT molecular complexity index is 691. The van der Waals surface area contributed by atoms with Crippen molar-refractivity contribution in [3.05, 3.63) is 52.6 Å². The van der Waals surface area contributed by atoms with Gasteiger partial charge in [-0.05, 0) is 32.8 Å². The topological polar surface area (TPSA) is 55.1 Å². The molecule has 0 aliphatic carbocycles. The predicted molar refractivity (Wildman–Crippen MR) is 91.8 cm³/mol. The van der Waals surface area contributed by atoms with E-state index >= 15 is 0 Å². The summed E-state index contributed by atoms with van der Waals surface area (Å²) in [4.78, 5) is 16.8. The monoisotopic (exact) mass is 314 g/mol. The Morgan fingerprint density at radius 1 is 1.26 bits per heavy atom. The molecular formula is C19H26N2O2. The predicted octanol–water partition coefficient (Wildman–Crippen LogP) is 3.62. The summed E-state index contributed by atoms with van der Waals surface area (Å²) in [5.74, 6) is 0.791. The average Bonchev–Trinajstić information content (AvgIpc) is 2.81. The van der Waals surface area contributed by atoms with Crippen LogP contribution in [0.2, 0.25) is 0 Å². The lowest BCUT2D eigenvalue weighted by molar-refractivity contribution is 0.0713. The summed E-state index contributed by atoms with van der Waals surface area (Å²) in [5.41, 5.74) is 2.18. The second-order valence-corrected chi connectivity index (χ2v) is 6.66. The maximum Gasteiger partial charge on any atom is 0.178 e. The summed E-state index contributed by atoms with van der Waals surface area (Å²) < 4.78 is 1.96. The zero-order valence-corrected chi connectivity index (χ0v) is 14.7. The number of aliphatic hydroxyl groups is 1. The Morgan fingerprint density at radius 2 is 1.87 bits per heavy atom. The van der Waals surface area contributed by atoms with Gasteiger partial charge >= 0.3 is 0 Å². The SMILES string of the molecule is CCCc1nc(C(C)(C)O)c(C(C)=O)n1Cc1ccc(C)cc1. The summed E-state index contributed by atoms with van der Waals surface area (Å²) in [6.07, 6.45) is 1.72. The zero-order valence-electron chi connectivity index (χ0n) is 14.7. The second kappa shape index (κ2) is 6.67. The van der Waals surface area contributed by atoms with Crippen molar-refractivity contribution >= 4 is 5.78 Å². The first kappa shape index (κ1) is 17.4. The number of ketones is 1. The molecule has 0 bridgehead atoms. The lowest BCUT2D eigenvalue weighted by Gasteiger charge is -2.17. The molecule has 0 radical (unpaired) electrons. The first-order chi connectivity index (χ1) is 10.7. The number of imidazole rings is 1. The van der Waals surface area contributed by atoms with Crippen LogP contribution in [0.4, 0.5) is 0 Å². The fourth-order valence-electron chi connectivity index (χ4n) is 2.74. The summed E-state index contributed by atoms with van der Waals surface area (Å²) in [7, 11) is 0. The summed E-state index contributed by atoms with van der Waals surface area (Å²) >= 11 is 0. The number of hydrogen-bond donors (Lipinski definition) is 1. The number of carbonyl (C=O) groups is 1. The molecule has 4 nitrogen and oxygen atoms in total. The summed E-state index contributed by atoms with van der Waals surface area (Å²) in [6, 6.07) is 8.27. The third-order valence-corrected chi connectivity index (χ3v) is 3.89. The van der Waals surface area contributed by atoms with E-state index in [4.69, 9.17) is 0 Å². The van der Waals surface area contributed by atoms with E-state index in [9.17, 15) is 9.90 Å². The van der Waals surface area contributed by atoms with Crippen LogP contribution in [0.3, 0.4) is 0 Å². The molecule has 1 aromatic heterocycles. The molecule has 0 spiro atoms. The second-order valence-electron chi connectivity index (χ2n) is 6.66. The molecule has 0 aliphatic rings.